The highest BCUT2D eigenvalue weighted by Crippen LogP contribution is 2.44. The summed E-state index contributed by atoms with van der Waals surface area (Å²) < 4.78 is 5.54. The number of carboxylic acids is 1. The Balaban J connectivity index is 1.35. The number of amides is 2. The topological polar surface area (TPSA) is 95.9 Å². The van der Waals surface area contributed by atoms with Crippen molar-refractivity contribution in [2.75, 3.05) is 13.2 Å². The summed E-state index contributed by atoms with van der Waals surface area (Å²) in [6.07, 6.45) is 0.504. The van der Waals surface area contributed by atoms with Crippen LogP contribution in [0.5, 0.6) is 0 Å². The maximum absolute atomic E-state index is 12.4. The number of likely N-dealkylation sites (tertiary alicyclic amines) is 1. The van der Waals surface area contributed by atoms with Gasteiger partial charge in [-0.15, -0.1) is 0 Å². The molecule has 1 unspecified atom stereocenters. The van der Waals surface area contributed by atoms with Crippen LogP contribution in [0.2, 0.25) is 0 Å². The number of carboxylic acid groups (broad SMARTS) is 1. The van der Waals surface area contributed by atoms with E-state index in [0.717, 1.165) is 22.3 Å². The van der Waals surface area contributed by atoms with Gasteiger partial charge in [0.05, 0.1) is 0 Å². The Hall–Kier alpha value is -3.35. The van der Waals surface area contributed by atoms with Crippen LogP contribution in [0.4, 0.5) is 4.79 Å². The fourth-order valence-corrected chi connectivity index (χ4v) is 4.37. The maximum atomic E-state index is 12.4. The summed E-state index contributed by atoms with van der Waals surface area (Å²) in [5.74, 6) is -1.28. The van der Waals surface area contributed by atoms with Crippen molar-refractivity contribution in [1.82, 2.24) is 10.2 Å². The van der Waals surface area contributed by atoms with E-state index < -0.39 is 24.1 Å². The van der Waals surface area contributed by atoms with Crippen molar-refractivity contribution in [2.24, 2.45) is 0 Å². The van der Waals surface area contributed by atoms with Crippen LogP contribution in [0.3, 0.4) is 0 Å². The Bertz CT molecular complexity index is 959. The Morgan fingerprint density at radius 1 is 1.10 bits per heavy atom. The number of fused-ring (bicyclic) bond motifs is 3. The predicted octanol–water partition coefficient (Wildman–Crippen LogP) is 3.38. The quantitative estimate of drug-likeness (QED) is 0.713. The van der Waals surface area contributed by atoms with Gasteiger partial charge in [0.15, 0.2) is 0 Å². The van der Waals surface area contributed by atoms with Gasteiger partial charge in [0.2, 0.25) is 5.91 Å². The van der Waals surface area contributed by atoms with Crippen molar-refractivity contribution in [2.45, 2.75) is 44.2 Å². The monoisotopic (exact) mass is 422 g/mol. The molecule has 0 bridgehead atoms. The van der Waals surface area contributed by atoms with Crippen LogP contribution < -0.4 is 5.32 Å². The van der Waals surface area contributed by atoms with Crippen molar-refractivity contribution < 1.29 is 24.2 Å². The number of rotatable bonds is 7. The molecule has 162 valence electrons. The van der Waals surface area contributed by atoms with Crippen molar-refractivity contribution in [3.05, 3.63) is 59.7 Å². The van der Waals surface area contributed by atoms with E-state index in [0.29, 0.717) is 19.4 Å². The molecule has 2 amide bonds. The Kier molecular flexibility index (Phi) is 5.93. The van der Waals surface area contributed by atoms with E-state index in [4.69, 9.17) is 9.84 Å². The number of carbonyl (C=O) groups is 3. The molecule has 0 radical (unpaired) electrons. The molecule has 0 saturated carbocycles. The zero-order chi connectivity index (χ0) is 22.0. The van der Waals surface area contributed by atoms with E-state index in [1.807, 2.05) is 31.2 Å². The van der Waals surface area contributed by atoms with Crippen LogP contribution in [0, 0.1) is 0 Å². The summed E-state index contributed by atoms with van der Waals surface area (Å²) >= 11 is 0. The first-order chi connectivity index (χ1) is 15.0. The maximum Gasteiger partial charge on any atom is 0.407 e. The van der Waals surface area contributed by atoms with E-state index >= 15 is 0 Å². The zero-order valence-electron chi connectivity index (χ0n) is 17.4. The van der Waals surface area contributed by atoms with Gasteiger partial charge in [-0.3, -0.25) is 4.79 Å². The molecule has 0 spiro atoms. The third-order valence-corrected chi connectivity index (χ3v) is 6.20. The normalized spacial score (nSPS) is 17.8. The van der Waals surface area contributed by atoms with Gasteiger partial charge in [0, 0.05) is 24.9 Å². The number of benzene rings is 2. The number of aliphatic carboxylic acids is 1. The molecule has 0 aromatic heterocycles. The smallest absolute Gasteiger partial charge is 0.407 e. The van der Waals surface area contributed by atoms with Gasteiger partial charge in [-0.25, -0.2) is 9.59 Å². The second kappa shape index (κ2) is 8.79. The van der Waals surface area contributed by atoms with Crippen molar-refractivity contribution in [1.29, 1.82) is 0 Å². The molecular formula is C24H26N2O5. The fourth-order valence-electron chi connectivity index (χ4n) is 4.37. The van der Waals surface area contributed by atoms with Gasteiger partial charge < -0.3 is 20.1 Å². The van der Waals surface area contributed by atoms with Crippen LogP contribution in [-0.4, -0.2) is 53.2 Å². The van der Waals surface area contributed by atoms with E-state index in [9.17, 15) is 14.4 Å². The molecule has 1 fully saturated rings. The van der Waals surface area contributed by atoms with Crippen LogP contribution in [0.1, 0.15) is 43.2 Å². The summed E-state index contributed by atoms with van der Waals surface area (Å²) in [7, 11) is 0. The second-order valence-corrected chi connectivity index (χ2v) is 8.01. The lowest BCUT2D eigenvalue weighted by molar-refractivity contribution is -0.157. The number of alkyl carbamates (subject to hydrolysis) is 1. The number of ether oxygens (including phenoxy) is 1. The van der Waals surface area contributed by atoms with Gasteiger partial charge in [0.25, 0.3) is 0 Å². The van der Waals surface area contributed by atoms with E-state index in [1.54, 1.807) is 0 Å². The lowest BCUT2D eigenvalue weighted by Gasteiger charge is -2.38. The van der Waals surface area contributed by atoms with E-state index in [-0.39, 0.29) is 24.9 Å². The van der Waals surface area contributed by atoms with Crippen molar-refractivity contribution in [3.8, 4) is 11.1 Å². The lowest BCUT2D eigenvalue weighted by Crippen LogP contribution is -2.56. The number of hydrogen-bond acceptors (Lipinski definition) is 4. The molecule has 2 N–H and O–H groups in total. The van der Waals surface area contributed by atoms with Crippen LogP contribution in [0.15, 0.2) is 48.5 Å². The van der Waals surface area contributed by atoms with E-state index in [1.165, 1.54) is 4.90 Å². The molecule has 4 rings (SSSR count). The third-order valence-electron chi connectivity index (χ3n) is 6.20. The summed E-state index contributed by atoms with van der Waals surface area (Å²) in [6, 6.07) is 15.1. The minimum Gasteiger partial charge on any atom is -0.480 e. The molecule has 1 aliphatic heterocycles. The molecular weight excluding hydrogens is 396 g/mol. The Morgan fingerprint density at radius 2 is 1.71 bits per heavy atom. The fraction of sp³-hybridized carbons (Fsp3) is 0.375. The van der Waals surface area contributed by atoms with Crippen molar-refractivity contribution in [3.63, 3.8) is 0 Å². The SMILES string of the molecule is CC[C@H](CC(=O)N1CCC1C(=O)O)NC(=O)OCC1c2ccccc2-c2ccccc21. The summed E-state index contributed by atoms with van der Waals surface area (Å²) in [5.41, 5.74) is 4.59. The Labute approximate surface area is 181 Å². The number of nitrogens with zero attached hydrogens (tertiary/aromatic N) is 1. The standard InChI is InChI=1S/C24H26N2O5/c1-2-15(13-22(27)26-12-11-21(26)23(28)29)25-24(30)31-14-20-18-9-5-3-7-16(18)17-8-4-6-10-19(17)20/h3-10,15,20-21H,2,11-14H2,1H3,(H,25,30)(H,28,29)/t15-,21?/m1/s1. The van der Waals surface area contributed by atoms with Gasteiger partial charge in [-0.05, 0) is 35.1 Å². The minimum atomic E-state index is -0.989. The molecule has 7 heteroatoms. The van der Waals surface area contributed by atoms with E-state index in [2.05, 4.69) is 29.6 Å². The summed E-state index contributed by atoms with van der Waals surface area (Å²) in [4.78, 5) is 37.3. The molecule has 1 heterocycles. The van der Waals surface area contributed by atoms with Crippen LogP contribution in [-0.2, 0) is 14.3 Å². The first kappa shape index (κ1) is 20.9. The molecule has 31 heavy (non-hydrogen) atoms. The molecule has 1 saturated heterocycles. The van der Waals surface area contributed by atoms with Crippen LogP contribution >= 0.6 is 0 Å². The first-order valence-electron chi connectivity index (χ1n) is 10.6. The highest BCUT2D eigenvalue weighted by atomic mass is 16.5. The van der Waals surface area contributed by atoms with Gasteiger partial charge in [-0.1, -0.05) is 55.5 Å². The summed E-state index contributed by atoms with van der Waals surface area (Å²) in [5, 5.41) is 11.9. The first-order valence-corrected chi connectivity index (χ1v) is 10.6. The molecule has 1 aliphatic carbocycles. The van der Waals surface area contributed by atoms with Gasteiger partial charge >= 0.3 is 12.1 Å². The van der Waals surface area contributed by atoms with Gasteiger partial charge in [-0.2, -0.15) is 0 Å². The van der Waals surface area contributed by atoms with Gasteiger partial charge in [0.1, 0.15) is 12.6 Å². The average molecular weight is 422 g/mol. The number of nitrogens with one attached hydrogen (secondary N) is 1. The highest BCUT2D eigenvalue weighted by molar-refractivity contribution is 5.86. The lowest BCUT2D eigenvalue weighted by atomic mass is 9.98. The zero-order valence-corrected chi connectivity index (χ0v) is 17.4. The number of carbonyl (C=O) groups excluding carboxylic acids is 2. The predicted molar refractivity (Wildman–Crippen MR) is 115 cm³/mol. The minimum absolute atomic E-state index is 0.0303. The highest BCUT2D eigenvalue weighted by Gasteiger charge is 2.38. The largest absolute Gasteiger partial charge is 0.480 e. The summed E-state index contributed by atoms with van der Waals surface area (Å²) in [6.45, 7) is 2.51. The molecule has 2 atom stereocenters. The molecule has 7 nitrogen and oxygen atoms in total. The molecule has 2 aromatic rings. The van der Waals surface area contributed by atoms with Crippen molar-refractivity contribution >= 4 is 18.0 Å². The molecule has 2 aliphatic rings. The Morgan fingerprint density at radius 3 is 2.23 bits per heavy atom. The third kappa shape index (κ3) is 4.13. The molecule has 2 aromatic carbocycles. The average Bonchev–Trinajstić information content (AvgIpc) is 3.04. The second-order valence-electron chi connectivity index (χ2n) is 8.01. The number of hydrogen-bond donors (Lipinski definition) is 2. The van der Waals surface area contributed by atoms with Crippen LogP contribution in [0.25, 0.3) is 11.1 Å².